The molecule has 0 spiro atoms. The second kappa shape index (κ2) is 5.79. The summed E-state index contributed by atoms with van der Waals surface area (Å²) in [5, 5.41) is 0. The van der Waals surface area contributed by atoms with Crippen molar-refractivity contribution in [2.45, 2.75) is 6.92 Å². The molecule has 0 saturated carbocycles. The van der Waals surface area contributed by atoms with Gasteiger partial charge in [-0.3, -0.25) is 0 Å². The zero-order valence-electron chi connectivity index (χ0n) is 9.56. The van der Waals surface area contributed by atoms with Gasteiger partial charge in [-0.05, 0) is 13.0 Å². The predicted molar refractivity (Wildman–Crippen MR) is 60.2 cm³/mol. The fourth-order valence-electron chi connectivity index (χ4n) is 1.11. The van der Waals surface area contributed by atoms with Crippen molar-refractivity contribution < 1.29 is 14.2 Å². The average molecular weight is 225 g/mol. The van der Waals surface area contributed by atoms with Crippen molar-refractivity contribution in [1.29, 1.82) is 0 Å². The highest BCUT2D eigenvalue weighted by Gasteiger charge is 2.12. The first-order chi connectivity index (χ1) is 7.72. The Morgan fingerprint density at radius 2 is 1.75 bits per heavy atom. The molecule has 0 radical (unpaired) electrons. The molecule has 0 fully saturated rings. The minimum atomic E-state index is 0.0993. The molecular formula is C10H15N3O3. The number of methoxy groups -OCH3 is 2. The molecule has 0 aliphatic carbocycles. The summed E-state index contributed by atoms with van der Waals surface area (Å²) in [5.74, 6) is 0.794. The molecule has 1 heterocycles. The van der Waals surface area contributed by atoms with Crippen LogP contribution in [0.5, 0.6) is 11.8 Å². The fraction of sp³-hybridized carbons (Fsp3) is 0.400. The quantitative estimate of drug-likeness (QED) is 0.755. The lowest BCUT2D eigenvalue weighted by molar-refractivity contribution is 0.271. The van der Waals surface area contributed by atoms with Crippen LogP contribution in [-0.2, 0) is 4.74 Å². The number of hydrogen-bond donors (Lipinski definition) is 1. The van der Waals surface area contributed by atoms with Gasteiger partial charge in [0.1, 0.15) is 5.56 Å². The van der Waals surface area contributed by atoms with Gasteiger partial charge in [-0.15, -0.1) is 0 Å². The number of nitrogens with two attached hydrogens (primary N) is 1. The molecule has 2 N–H and O–H groups in total. The number of nitrogens with zero attached hydrogens (tertiary/aromatic N) is 2. The summed E-state index contributed by atoms with van der Waals surface area (Å²) in [6, 6.07) is 0. The third kappa shape index (κ3) is 2.75. The minimum absolute atomic E-state index is 0.0993. The number of anilines is 1. The largest absolute Gasteiger partial charge is 0.501 e. The smallest absolute Gasteiger partial charge is 0.229 e. The Morgan fingerprint density at radius 1 is 1.19 bits per heavy atom. The van der Waals surface area contributed by atoms with Crippen LogP contribution in [0.3, 0.4) is 0 Å². The number of ether oxygens (including phenoxy) is 3. The van der Waals surface area contributed by atoms with E-state index in [1.807, 2.05) is 6.92 Å². The average Bonchev–Trinajstić information content (AvgIpc) is 2.30. The van der Waals surface area contributed by atoms with E-state index in [1.165, 1.54) is 20.5 Å². The van der Waals surface area contributed by atoms with Crippen LogP contribution in [0.25, 0.3) is 6.08 Å². The van der Waals surface area contributed by atoms with Crippen LogP contribution in [0.2, 0.25) is 0 Å². The highest BCUT2D eigenvalue weighted by Crippen LogP contribution is 2.26. The summed E-state index contributed by atoms with van der Waals surface area (Å²) in [6.45, 7) is 2.47. The molecule has 6 nitrogen and oxygen atoms in total. The lowest BCUT2D eigenvalue weighted by atomic mass is 10.3. The Hall–Kier alpha value is -1.98. The predicted octanol–water partition coefficient (Wildman–Crippen LogP) is 1.08. The Balaban J connectivity index is 3.11. The van der Waals surface area contributed by atoms with E-state index in [-0.39, 0.29) is 5.95 Å². The maximum Gasteiger partial charge on any atom is 0.229 e. The molecule has 1 rings (SSSR count). The summed E-state index contributed by atoms with van der Waals surface area (Å²) >= 11 is 0. The Bertz CT molecular complexity index is 355. The normalized spacial score (nSPS) is 10.4. The van der Waals surface area contributed by atoms with Gasteiger partial charge < -0.3 is 19.9 Å². The van der Waals surface area contributed by atoms with Gasteiger partial charge >= 0.3 is 0 Å². The minimum Gasteiger partial charge on any atom is -0.501 e. The molecule has 0 bridgehead atoms. The molecule has 0 atom stereocenters. The Labute approximate surface area is 94.1 Å². The lowest BCUT2D eigenvalue weighted by Crippen LogP contribution is -2.03. The molecule has 0 saturated heterocycles. The van der Waals surface area contributed by atoms with Crippen LogP contribution >= 0.6 is 0 Å². The van der Waals surface area contributed by atoms with Crippen LogP contribution in [0.1, 0.15) is 12.5 Å². The molecule has 0 unspecified atom stereocenters. The van der Waals surface area contributed by atoms with Crippen LogP contribution in [0, 0.1) is 0 Å². The van der Waals surface area contributed by atoms with Gasteiger partial charge in [-0.2, -0.15) is 9.97 Å². The first kappa shape index (κ1) is 12.1. The highest BCUT2D eigenvalue weighted by molar-refractivity contribution is 5.60. The fourth-order valence-corrected chi connectivity index (χ4v) is 1.11. The second-order valence-corrected chi connectivity index (χ2v) is 2.77. The summed E-state index contributed by atoms with van der Waals surface area (Å²) in [4.78, 5) is 7.87. The molecule has 6 heteroatoms. The van der Waals surface area contributed by atoms with Crippen molar-refractivity contribution in [3.8, 4) is 11.8 Å². The van der Waals surface area contributed by atoms with E-state index >= 15 is 0 Å². The van der Waals surface area contributed by atoms with E-state index in [0.717, 1.165) is 0 Å². The second-order valence-electron chi connectivity index (χ2n) is 2.77. The van der Waals surface area contributed by atoms with Crippen LogP contribution in [0.15, 0.2) is 6.26 Å². The molecule has 16 heavy (non-hydrogen) atoms. The van der Waals surface area contributed by atoms with E-state index in [0.29, 0.717) is 23.9 Å². The summed E-state index contributed by atoms with van der Waals surface area (Å²) in [7, 11) is 3.00. The molecule has 0 aromatic carbocycles. The highest BCUT2D eigenvalue weighted by atomic mass is 16.5. The summed E-state index contributed by atoms with van der Waals surface area (Å²) < 4.78 is 15.3. The van der Waals surface area contributed by atoms with Gasteiger partial charge in [0.05, 0.1) is 27.1 Å². The Morgan fingerprint density at radius 3 is 2.19 bits per heavy atom. The molecule has 0 aliphatic heterocycles. The van der Waals surface area contributed by atoms with E-state index < -0.39 is 0 Å². The van der Waals surface area contributed by atoms with Crippen molar-refractivity contribution in [1.82, 2.24) is 9.97 Å². The van der Waals surface area contributed by atoms with Gasteiger partial charge in [-0.1, -0.05) is 0 Å². The third-order valence-electron chi connectivity index (χ3n) is 1.78. The summed E-state index contributed by atoms with van der Waals surface area (Å²) in [5.41, 5.74) is 6.09. The monoisotopic (exact) mass is 225 g/mol. The van der Waals surface area contributed by atoms with Crippen LogP contribution in [0.4, 0.5) is 5.95 Å². The molecule has 0 amide bonds. The van der Waals surface area contributed by atoms with Gasteiger partial charge in [0.25, 0.3) is 0 Å². The molecule has 1 aromatic rings. The number of aromatic nitrogens is 2. The first-order valence-corrected chi connectivity index (χ1v) is 4.76. The Kier molecular flexibility index (Phi) is 4.38. The van der Waals surface area contributed by atoms with Crippen molar-refractivity contribution in [2.24, 2.45) is 0 Å². The van der Waals surface area contributed by atoms with E-state index in [4.69, 9.17) is 19.9 Å². The maximum atomic E-state index is 5.50. The zero-order valence-corrected chi connectivity index (χ0v) is 9.56. The van der Waals surface area contributed by atoms with Crippen molar-refractivity contribution in [3.63, 3.8) is 0 Å². The number of rotatable bonds is 5. The molecule has 88 valence electrons. The number of nitrogen functional groups attached to an aromatic ring is 1. The van der Waals surface area contributed by atoms with Gasteiger partial charge in [0.2, 0.25) is 17.7 Å². The maximum absolute atomic E-state index is 5.50. The van der Waals surface area contributed by atoms with Gasteiger partial charge in [0.15, 0.2) is 0 Å². The summed E-state index contributed by atoms with van der Waals surface area (Å²) in [6.07, 6.45) is 3.19. The lowest BCUT2D eigenvalue weighted by Gasteiger charge is -2.08. The van der Waals surface area contributed by atoms with E-state index in [9.17, 15) is 0 Å². The molecule has 1 aromatic heterocycles. The SMILES string of the molecule is CCOC=Cc1c(OC)nc(N)nc1OC. The first-order valence-electron chi connectivity index (χ1n) is 4.76. The zero-order chi connectivity index (χ0) is 12.0. The third-order valence-corrected chi connectivity index (χ3v) is 1.78. The van der Waals surface area contributed by atoms with Crippen LogP contribution < -0.4 is 15.2 Å². The number of hydrogen-bond acceptors (Lipinski definition) is 6. The van der Waals surface area contributed by atoms with E-state index in [1.54, 1.807) is 6.08 Å². The van der Waals surface area contributed by atoms with Crippen LogP contribution in [-0.4, -0.2) is 30.8 Å². The van der Waals surface area contributed by atoms with Crippen molar-refractivity contribution in [3.05, 3.63) is 11.8 Å². The van der Waals surface area contributed by atoms with Crippen molar-refractivity contribution in [2.75, 3.05) is 26.6 Å². The molecule has 0 aliphatic rings. The van der Waals surface area contributed by atoms with Gasteiger partial charge in [0, 0.05) is 0 Å². The standard InChI is InChI=1S/C10H15N3O3/c1-4-16-6-5-7-8(14-2)12-10(11)13-9(7)15-3/h5-6H,4H2,1-3H3,(H2,11,12,13). The van der Waals surface area contributed by atoms with E-state index in [2.05, 4.69) is 9.97 Å². The van der Waals surface area contributed by atoms with Crippen molar-refractivity contribution >= 4 is 12.0 Å². The van der Waals surface area contributed by atoms with Gasteiger partial charge in [-0.25, -0.2) is 0 Å². The molecular weight excluding hydrogens is 210 g/mol. The topological polar surface area (TPSA) is 79.5 Å².